The second kappa shape index (κ2) is 5.64. The number of carbonyl (C=O) groups excluding carboxylic acids is 2. The highest BCUT2D eigenvalue weighted by Crippen LogP contribution is 2.64. The number of ketones is 2. The van der Waals surface area contributed by atoms with Gasteiger partial charge in [0.05, 0.1) is 0 Å². The van der Waals surface area contributed by atoms with Gasteiger partial charge in [0.15, 0.2) is 5.78 Å². The second-order valence-corrected chi connectivity index (χ2v) is 9.24. The van der Waals surface area contributed by atoms with E-state index in [9.17, 15) is 9.59 Å². The molecular formula is C25H26O2. The third-order valence-corrected chi connectivity index (χ3v) is 8.04. The first-order valence-electron chi connectivity index (χ1n) is 10.2. The first-order chi connectivity index (χ1) is 12.9. The molecule has 0 spiro atoms. The summed E-state index contributed by atoms with van der Waals surface area (Å²) >= 11 is 0. The molecule has 27 heavy (non-hydrogen) atoms. The molecule has 4 aliphatic rings. The van der Waals surface area contributed by atoms with E-state index < -0.39 is 0 Å². The first kappa shape index (κ1) is 16.9. The molecule has 2 fully saturated rings. The Morgan fingerprint density at radius 1 is 0.963 bits per heavy atom. The lowest BCUT2D eigenvalue weighted by Crippen LogP contribution is -2.49. The molecule has 2 saturated carbocycles. The van der Waals surface area contributed by atoms with Crippen LogP contribution in [0.1, 0.15) is 45.1 Å². The van der Waals surface area contributed by atoms with Crippen LogP contribution >= 0.6 is 0 Å². The zero-order valence-corrected chi connectivity index (χ0v) is 16.1. The molecule has 0 radical (unpaired) electrons. The van der Waals surface area contributed by atoms with E-state index in [1.54, 1.807) is 6.08 Å². The quantitative estimate of drug-likeness (QED) is 0.694. The molecule has 0 aromatic heterocycles. The number of allylic oxidation sites excluding steroid dienone is 6. The van der Waals surface area contributed by atoms with Crippen LogP contribution in [0.4, 0.5) is 0 Å². The van der Waals surface area contributed by atoms with Gasteiger partial charge in [-0.2, -0.15) is 0 Å². The van der Waals surface area contributed by atoms with Gasteiger partial charge in [-0.05, 0) is 65.9 Å². The molecule has 0 unspecified atom stereocenters. The average Bonchev–Trinajstić information content (AvgIpc) is 2.98. The summed E-state index contributed by atoms with van der Waals surface area (Å²) in [6.07, 6.45) is 11.7. The second-order valence-electron chi connectivity index (χ2n) is 9.24. The normalized spacial score (nSPS) is 40.0. The van der Waals surface area contributed by atoms with E-state index in [4.69, 9.17) is 0 Å². The maximum atomic E-state index is 12.8. The lowest BCUT2D eigenvalue weighted by atomic mass is 9.48. The van der Waals surface area contributed by atoms with Crippen LogP contribution in [-0.2, 0) is 9.59 Å². The van der Waals surface area contributed by atoms with Gasteiger partial charge in [-0.15, -0.1) is 0 Å². The minimum absolute atomic E-state index is 0.0845. The van der Waals surface area contributed by atoms with Crippen molar-refractivity contribution in [1.82, 2.24) is 0 Å². The summed E-state index contributed by atoms with van der Waals surface area (Å²) in [5.74, 6) is 1.76. The van der Waals surface area contributed by atoms with Gasteiger partial charge in [0.25, 0.3) is 0 Å². The number of carbonyl (C=O) groups is 2. The Bertz CT molecular complexity index is 919. The van der Waals surface area contributed by atoms with Crippen LogP contribution < -0.4 is 0 Å². The Labute approximate surface area is 161 Å². The van der Waals surface area contributed by atoms with Crippen molar-refractivity contribution in [2.45, 2.75) is 39.5 Å². The fourth-order valence-corrected chi connectivity index (χ4v) is 6.43. The van der Waals surface area contributed by atoms with Crippen molar-refractivity contribution in [2.75, 3.05) is 0 Å². The summed E-state index contributed by atoms with van der Waals surface area (Å²) in [7, 11) is 0. The van der Waals surface area contributed by atoms with Crippen LogP contribution in [0.15, 0.2) is 60.2 Å². The SMILES string of the molecule is C[C@]12C=CC(=O)C=C1C=C(c1ccccc1)[C@@H]1[C@@H]2CC[C@]2(C)C(=O)CC[C@@H]12. The molecule has 1 aromatic rings. The highest BCUT2D eigenvalue weighted by Gasteiger charge is 2.59. The van der Waals surface area contributed by atoms with Gasteiger partial charge in [-0.3, -0.25) is 9.59 Å². The largest absolute Gasteiger partial charge is 0.299 e. The third-order valence-electron chi connectivity index (χ3n) is 8.04. The van der Waals surface area contributed by atoms with E-state index in [1.165, 1.54) is 11.1 Å². The molecule has 4 aliphatic carbocycles. The molecule has 2 heteroatoms. The molecule has 1 aromatic carbocycles. The van der Waals surface area contributed by atoms with Crippen LogP contribution in [0.5, 0.6) is 0 Å². The molecule has 0 saturated heterocycles. The van der Waals surface area contributed by atoms with Gasteiger partial charge < -0.3 is 0 Å². The minimum atomic E-state index is -0.180. The van der Waals surface area contributed by atoms with Crippen LogP contribution in [0.3, 0.4) is 0 Å². The monoisotopic (exact) mass is 358 g/mol. The zero-order valence-electron chi connectivity index (χ0n) is 16.1. The molecule has 5 atom stereocenters. The summed E-state index contributed by atoms with van der Waals surface area (Å²) in [6, 6.07) is 10.6. The fraction of sp³-hybridized carbons (Fsp3) is 0.440. The van der Waals surface area contributed by atoms with Crippen molar-refractivity contribution in [3.63, 3.8) is 0 Å². The fourth-order valence-electron chi connectivity index (χ4n) is 6.43. The maximum absolute atomic E-state index is 12.8. The van der Waals surface area contributed by atoms with Gasteiger partial charge in [0, 0.05) is 17.3 Å². The Hall–Kier alpha value is -2.22. The zero-order chi connectivity index (χ0) is 18.8. The van der Waals surface area contributed by atoms with Gasteiger partial charge in [-0.25, -0.2) is 0 Å². The summed E-state index contributed by atoms with van der Waals surface area (Å²) < 4.78 is 0. The number of Topliss-reactive ketones (excluding diaryl/α,β-unsaturated/α-hetero) is 1. The van der Waals surface area contributed by atoms with Crippen LogP contribution in [-0.4, -0.2) is 11.6 Å². The predicted molar refractivity (Wildman–Crippen MR) is 107 cm³/mol. The van der Waals surface area contributed by atoms with Crippen molar-refractivity contribution >= 4 is 17.1 Å². The van der Waals surface area contributed by atoms with E-state index in [0.717, 1.165) is 31.3 Å². The highest BCUT2D eigenvalue weighted by atomic mass is 16.1. The molecule has 0 amide bonds. The molecule has 2 nitrogen and oxygen atoms in total. The van der Waals surface area contributed by atoms with Crippen molar-refractivity contribution < 1.29 is 9.59 Å². The topological polar surface area (TPSA) is 34.1 Å². The molecule has 5 rings (SSSR count). The van der Waals surface area contributed by atoms with Crippen LogP contribution in [0.25, 0.3) is 5.57 Å². The average molecular weight is 358 g/mol. The van der Waals surface area contributed by atoms with Gasteiger partial charge in [0.2, 0.25) is 0 Å². The molecule has 0 bridgehead atoms. The van der Waals surface area contributed by atoms with E-state index in [1.807, 2.05) is 12.1 Å². The smallest absolute Gasteiger partial charge is 0.178 e. The summed E-state index contributed by atoms with van der Waals surface area (Å²) in [5.41, 5.74) is 3.42. The van der Waals surface area contributed by atoms with Crippen molar-refractivity contribution in [2.24, 2.45) is 28.6 Å². The number of hydrogen-bond acceptors (Lipinski definition) is 2. The maximum Gasteiger partial charge on any atom is 0.178 e. The highest BCUT2D eigenvalue weighted by molar-refractivity contribution is 6.02. The third kappa shape index (κ3) is 2.25. The van der Waals surface area contributed by atoms with E-state index >= 15 is 0 Å². The van der Waals surface area contributed by atoms with Gasteiger partial charge >= 0.3 is 0 Å². The number of hydrogen-bond donors (Lipinski definition) is 0. The number of fused-ring (bicyclic) bond motifs is 5. The molecule has 138 valence electrons. The summed E-state index contributed by atoms with van der Waals surface area (Å²) in [4.78, 5) is 24.9. The Kier molecular flexibility index (Phi) is 3.53. The Morgan fingerprint density at radius 2 is 1.74 bits per heavy atom. The van der Waals surface area contributed by atoms with E-state index in [-0.39, 0.29) is 16.6 Å². The van der Waals surface area contributed by atoms with Gasteiger partial charge in [0.1, 0.15) is 5.78 Å². The van der Waals surface area contributed by atoms with Crippen molar-refractivity contribution in [1.29, 1.82) is 0 Å². The van der Waals surface area contributed by atoms with Gasteiger partial charge in [-0.1, -0.05) is 56.3 Å². The lowest BCUT2D eigenvalue weighted by Gasteiger charge is -2.55. The predicted octanol–water partition coefficient (Wildman–Crippen LogP) is 5.17. The molecular weight excluding hydrogens is 332 g/mol. The Morgan fingerprint density at radius 3 is 2.52 bits per heavy atom. The van der Waals surface area contributed by atoms with Crippen molar-refractivity contribution in [3.05, 3.63) is 65.8 Å². The minimum Gasteiger partial charge on any atom is -0.299 e. The molecule has 0 aliphatic heterocycles. The first-order valence-corrected chi connectivity index (χ1v) is 10.2. The van der Waals surface area contributed by atoms with E-state index in [2.05, 4.69) is 50.3 Å². The molecule has 0 N–H and O–H groups in total. The summed E-state index contributed by atoms with van der Waals surface area (Å²) in [5, 5.41) is 0. The van der Waals surface area contributed by atoms with Crippen molar-refractivity contribution in [3.8, 4) is 0 Å². The number of rotatable bonds is 1. The molecule has 0 heterocycles. The number of benzene rings is 1. The lowest BCUT2D eigenvalue weighted by molar-refractivity contribution is -0.129. The standard InChI is InChI=1S/C25H26O2/c1-24-12-10-18(26)14-17(24)15-19(16-6-4-3-5-7-16)23-20-8-9-22(27)25(20,2)13-11-21(23)24/h3-7,10,12,14-15,20-21,23H,8-9,11,13H2,1-2H3/t20-,21-,23-,24-,25-/m0/s1. The van der Waals surface area contributed by atoms with Crippen LogP contribution in [0.2, 0.25) is 0 Å². The van der Waals surface area contributed by atoms with E-state index in [0.29, 0.717) is 23.5 Å². The Balaban J connectivity index is 1.72. The summed E-state index contributed by atoms with van der Waals surface area (Å²) in [6.45, 7) is 4.50. The van der Waals surface area contributed by atoms with Crippen LogP contribution in [0, 0.1) is 28.6 Å².